The number of benzene rings is 1. The summed E-state index contributed by atoms with van der Waals surface area (Å²) in [5.74, 6) is 0. The van der Waals surface area contributed by atoms with E-state index >= 15 is 0 Å². The van der Waals surface area contributed by atoms with Crippen molar-refractivity contribution in [3.8, 4) is 11.1 Å². The molecule has 0 amide bonds. The summed E-state index contributed by atoms with van der Waals surface area (Å²) in [7, 11) is 0. The average Bonchev–Trinajstić information content (AvgIpc) is 2.39. The van der Waals surface area contributed by atoms with Crippen LogP contribution in [0.1, 0.15) is 5.69 Å². The summed E-state index contributed by atoms with van der Waals surface area (Å²) in [4.78, 5) is 8.77. The van der Waals surface area contributed by atoms with E-state index in [0.29, 0.717) is 0 Å². The van der Waals surface area contributed by atoms with Crippen molar-refractivity contribution in [3.63, 3.8) is 0 Å². The molecular weight excluding hydrogens is 208 g/mol. The van der Waals surface area contributed by atoms with Crippen LogP contribution in [0, 0.1) is 6.92 Å². The van der Waals surface area contributed by atoms with Crippen LogP contribution in [0.25, 0.3) is 22.2 Å². The average molecular weight is 220 g/mol. The molecule has 0 aliphatic rings. The van der Waals surface area contributed by atoms with Crippen LogP contribution in [0.3, 0.4) is 0 Å². The van der Waals surface area contributed by atoms with Gasteiger partial charge in [0.25, 0.3) is 0 Å². The van der Waals surface area contributed by atoms with Gasteiger partial charge >= 0.3 is 0 Å². The van der Waals surface area contributed by atoms with E-state index in [4.69, 9.17) is 0 Å². The van der Waals surface area contributed by atoms with Gasteiger partial charge in [0, 0.05) is 17.3 Å². The molecule has 0 radical (unpaired) electrons. The Morgan fingerprint density at radius 3 is 2.59 bits per heavy atom. The minimum absolute atomic E-state index is 0.811. The second-order valence-electron chi connectivity index (χ2n) is 4.05. The highest BCUT2D eigenvalue weighted by molar-refractivity contribution is 5.92. The van der Waals surface area contributed by atoms with Crippen molar-refractivity contribution >= 4 is 11.0 Å². The fourth-order valence-electron chi connectivity index (χ4n) is 2.04. The monoisotopic (exact) mass is 220 g/mol. The summed E-state index contributed by atoms with van der Waals surface area (Å²) < 4.78 is 0. The minimum Gasteiger partial charge on any atom is -0.237 e. The normalized spacial score (nSPS) is 10.6. The SMILES string of the molecule is Cc1cc(-c2ccccc2)c2cccnc2n1. The van der Waals surface area contributed by atoms with Crippen molar-refractivity contribution in [2.24, 2.45) is 0 Å². The van der Waals surface area contributed by atoms with Gasteiger partial charge in [0.1, 0.15) is 0 Å². The van der Waals surface area contributed by atoms with Crippen molar-refractivity contribution in [2.45, 2.75) is 6.92 Å². The first-order valence-electron chi connectivity index (χ1n) is 5.62. The maximum atomic E-state index is 4.45. The molecule has 0 unspecified atom stereocenters. The molecule has 0 bridgehead atoms. The molecule has 3 aromatic rings. The van der Waals surface area contributed by atoms with Crippen LogP contribution in [0.5, 0.6) is 0 Å². The maximum Gasteiger partial charge on any atom is 0.159 e. The Morgan fingerprint density at radius 2 is 1.76 bits per heavy atom. The summed E-state index contributed by atoms with van der Waals surface area (Å²) >= 11 is 0. The van der Waals surface area contributed by atoms with Crippen molar-refractivity contribution in [1.82, 2.24) is 9.97 Å². The number of pyridine rings is 2. The van der Waals surface area contributed by atoms with E-state index in [1.807, 2.05) is 31.2 Å². The molecule has 2 heterocycles. The van der Waals surface area contributed by atoms with Gasteiger partial charge in [-0.05, 0) is 36.2 Å². The fourth-order valence-corrected chi connectivity index (χ4v) is 2.04. The van der Waals surface area contributed by atoms with E-state index in [0.717, 1.165) is 16.7 Å². The molecular formula is C15H12N2. The molecule has 0 N–H and O–H groups in total. The fraction of sp³-hybridized carbons (Fsp3) is 0.0667. The lowest BCUT2D eigenvalue weighted by atomic mass is 10.0. The van der Waals surface area contributed by atoms with Gasteiger partial charge in [-0.25, -0.2) is 9.97 Å². The van der Waals surface area contributed by atoms with E-state index in [9.17, 15) is 0 Å². The Balaban J connectivity index is 2.36. The summed E-state index contributed by atoms with van der Waals surface area (Å²) in [6, 6.07) is 16.5. The first-order valence-corrected chi connectivity index (χ1v) is 5.62. The zero-order chi connectivity index (χ0) is 11.7. The second-order valence-corrected chi connectivity index (χ2v) is 4.05. The number of hydrogen-bond acceptors (Lipinski definition) is 2. The zero-order valence-corrected chi connectivity index (χ0v) is 9.59. The topological polar surface area (TPSA) is 25.8 Å². The Labute approximate surface area is 100.0 Å². The van der Waals surface area contributed by atoms with Crippen molar-refractivity contribution in [1.29, 1.82) is 0 Å². The molecule has 0 aliphatic heterocycles. The summed E-state index contributed by atoms with van der Waals surface area (Å²) in [6.07, 6.45) is 1.78. The highest BCUT2D eigenvalue weighted by Gasteiger charge is 2.05. The van der Waals surface area contributed by atoms with E-state index in [-0.39, 0.29) is 0 Å². The second kappa shape index (κ2) is 3.98. The van der Waals surface area contributed by atoms with Gasteiger partial charge in [-0.3, -0.25) is 0 Å². The Kier molecular flexibility index (Phi) is 2.33. The molecule has 2 aromatic heterocycles. The third-order valence-electron chi connectivity index (χ3n) is 2.80. The zero-order valence-electron chi connectivity index (χ0n) is 9.59. The van der Waals surface area contributed by atoms with Crippen molar-refractivity contribution < 1.29 is 0 Å². The molecule has 0 saturated heterocycles. The smallest absolute Gasteiger partial charge is 0.159 e. The summed E-state index contributed by atoms with van der Waals surface area (Å²) in [5, 5.41) is 1.10. The predicted molar refractivity (Wildman–Crippen MR) is 69.7 cm³/mol. The molecule has 0 aliphatic carbocycles. The number of fused-ring (bicyclic) bond motifs is 1. The third kappa shape index (κ3) is 1.78. The van der Waals surface area contributed by atoms with Crippen molar-refractivity contribution in [3.05, 3.63) is 60.4 Å². The molecule has 3 rings (SSSR count). The molecule has 82 valence electrons. The van der Waals surface area contributed by atoms with Crippen LogP contribution >= 0.6 is 0 Å². The van der Waals surface area contributed by atoms with Gasteiger partial charge in [-0.2, -0.15) is 0 Å². The first-order chi connectivity index (χ1) is 8.34. The number of hydrogen-bond donors (Lipinski definition) is 0. The number of aromatic nitrogens is 2. The van der Waals surface area contributed by atoms with Crippen LogP contribution in [0.15, 0.2) is 54.7 Å². The molecule has 0 spiro atoms. The first kappa shape index (κ1) is 9.97. The van der Waals surface area contributed by atoms with E-state index in [1.54, 1.807) is 6.20 Å². The lowest BCUT2D eigenvalue weighted by Crippen LogP contribution is -1.90. The van der Waals surface area contributed by atoms with Crippen LogP contribution < -0.4 is 0 Å². The Morgan fingerprint density at radius 1 is 0.941 bits per heavy atom. The van der Waals surface area contributed by atoms with E-state index in [2.05, 4.69) is 34.2 Å². The van der Waals surface area contributed by atoms with Crippen LogP contribution in [-0.4, -0.2) is 9.97 Å². The number of nitrogens with zero attached hydrogens (tertiary/aromatic N) is 2. The quantitative estimate of drug-likeness (QED) is 0.626. The van der Waals surface area contributed by atoms with Gasteiger partial charge in [0.15, 0.2) is 5.65 Å². The number of rotatable bonds is 1. The van der Waals surface area contributed by atoms with Crippen LogP contribution in [-0.2, 0) is 0 Å². The standard InChI is InChI=1S/C15H12N2/c1-11-10-14(12-6-3-2-4-7-12)13-8-5-9-16-15(13)17-11/h2-10H,1H3. The Bertz CT molecular complexity index is 660. The summed E-state index contributed by atoms with van der Waals surface area (Å²) in [5.41, 5.74) is 4.21. The predicted octanol–water partition coefficient (Wildman–Crippen LogP) is 3.61. The van der Waals surface area contributed by atoms with E-state index in [1.165, 1.54) is 11.1 Å². The molecule has 17 heavy (non-hydrogen) atoms. The van der Waals surface area contributed by atoms with Gasteiger partial charge in [-0.15, -0.1) is 0 Å². The molecule has 2 nitrogen and oxygen atoms in total. The Hall–Kier alpha value is -2.22. The lowest BCUT2D eigenvalue weighted by Gasteiger charge is -2.07. The lowest BCUT2D eigenvalue weighted by molar-refractivity contribution is 1.20. The van der Waals surface area contributed by atoms with Gasteiger partial charge in [0.05, 0.1) is 0 Å². The number of aryl methyl sites for hydroxylation is 1. The molecule has 2 heteroatoms. The largest absolute Gasteiger partial charge is 0.237 e. The van der Waals surface area contributed by atoms with Gasteiger partial charge < -0.3 is 0 Å². The van der Waals surface area contributed by atoms with Crippen molar-refractivity contribution in [2.75, 3.05) is 0 Å². The molecule has 1 aromatic carbocycles. The van der Waals surface area contributed by atoms with Crippen LogP contribution in [0.2, 0.25) is 0 Å². The highest BCUT2D eigenvalue weighted by atomic mass is 14.8. The third-order valence-corrected chi connectivity index (χ3v) is 2.80. The van der Waals surface area contributed by atoms with Gasteiger partial charge in [-0.1, -0.05) is 30.3 Å². The molecule has 0 atom stereocenters. The van der Waals surface area contributed by atoms with Crippen LogP contribution in [0.4, 0.5) is 0 Å². The summed E-state index contributed by atoms with van der Waals surface area (Å²) in [6.45, 7) is 2.00. The molecule has 0 fully saturated rings. The maximum absolute atomic E-state index is 4.45. The van der Waals surface area contributed by atoms with E-state index < -0.39 is 0 Å². The molecule has 0 saturated carbocycles. The van der Waals surface area contributed by atoms with Gasteiger partial charge in [0.2, 0.25) is 0 Å². The highest BCUT2D eigenvalue weighted by Crippen LogP contribution is 2.27. The minimum atomic E-state index is 0.811.